The van der Waals surface area contributed by atoms with Gasteiger partial charge in [-0.1, -0.05) is 121 Å². The minimum atomic E-state index is -1.18. The first kappa shape index (κ1) is 30.9. The minimum absolute atomic E-state index is 0.0141. The largest absolute Gasteiger partial charge is 0.456 e. The van der Waals surface area contributed by atoms with E-state index in [-0.39, 0.29) is 10.9 Å². The molecule has 0 radical (unpaired) electrons. The van der Waals surface area contributed by atoms with Crippen LogP contribution in [0.25, 0.3) is 0 Å². The molecule has 2 aliphatic heterocycles. The van der Waals surface area contributed by atoms with Crippen molar-refractivity contribution in [2.45, 2.75) is 68.0 Å². The van der Waals surface area contributed by atoms with Gasteiger partial charge in [0, 0.05) is 35.6 Å². The third kappa shape index (κ3) is 4.76. The minimum Gasteiger partial charge on any atom is -0.456 e. The molecule has 236 valence electrons. The lowest BCUT2D eigenvalue weighted by atomic mass is 9.55. The second-order valence-electron chi connectivity index (χ2n) is 12.7. The Morgan fingerprint density at radius 3 is 2.26 bits per heavy atom. The number of esters is 1. The van der Waals surface area contributed by atoms with Gasteiger partial charge in [-0.05, 0) is 53.3 Å². The summed E-state index contributed by atoms with van der Waals surface area (Å²) >= 11 is 12.9. The van der Waals surface area contributed by atoms with Gasteiger partial charge in [-0.25, -0.2) is 4.39 Å². The van der Waals surface area contributed by atoms with Crippen LogP contribution in [0, 0.1) is 5.82 Å². The van der Waals surface area contributed by atoms with E-state index in [9.17, 15) is 9.59 Å². The highest BCUT2D eigenvalue weighted by molar-refractivity contribution is 6.31. The lowest BCUT2D eigenvalue weighted by Crippen LogP contribution is -2.62. The second-order valence-corrected chi connectivity index (χ2v) is 13.5. The van der Waals surface area contributed by atoms with Crippen LogP contribution >= 0.6 is 23.2 Å². The van der Waals surface area contributed by atoms with Crippen molar-refractivity contribution < 1.29 is 18.7 Å². The molecule has 1 aliphatic carbocycles. The number of carbonyl (C=O) groups is 2. The van der Waals surface area contributed by atoms with E-state index < -0.39 is 40.8 Å². The van der Waals surface area contributed by atoms with Crippen LogP contribution < -0.4 is 5.32 Å². The summed E-state index contributed by atoms with van der Waals surface area (Å²) in [5, 5.41) is 3.70. The van der Waals surface area contributed by atoms with Crippen LogP contribution in [-0.4, -0.2) is 28.9 Å². The van der Waals surface area contributed by atoms with Crippen LogP contribution in [0.3, 0.4) is 0 Å². The summed E-state index contributed by atoms with van der Waals surface area (Å²) in [5.74, 6) is -1.70. The number of ether oxygens (including phenoxy) is 1. The Morgan fingerprint density at radius 1 is 0.913 bits per heavy atom. The molecule has 0 bridgehead atoms. The van der Waals surface area contributed by atoms with Crippen molar-refractivity contribution >= 4 is 40.8 Å². The number of hydrogen-bond acceptors (Lipinski definition) is 4. The van der Waals surface area contributed by atoms with Crippen molar-refractivity contribution in [3.63, 3.8) is 0 Å². The summed E-state index contributed by atoms with van der Waals surface area (Å²) in [6.45, 7) is 1.76. The number of carbonyl (C=O) groups excluding carboxylic acids is 2. The predicted octanol–water partition coefficient (Wildman–Crippen LogP) is 9.17. The van der Waals surface area contributed by atoms with Gasteiger partial charge in [0.15, 0.2) is 0 Å². The van der Waals surface area contributed by atoms with E-state index in [1.165, 1.54) is 13.0 Å². The molecule has 7 rings (SSSR count). The number of benzene rings is 4. The van der Waals surface area contributed by atoms with Gasteiger partial charge in [-0.2, -0.15) is 0 Å². The fourth-order valence-electron chi connectivity index (χ4n) is 8.80. The third-order valence-corrected chi connectivity index (χ3v) is 10.9. The molecule has 4 aromatic carbocycles. The number of fused-ring (bicyclic) bond motifs is 3. The summed E-state index contributed by atoms with van der Waals surface area (Å²) in [6.07, 6.45) is 3.51. The quantitative estimate of drug-likeness (QED) is 0.210. The maximum Gasteiger partial charge on any atom is 0.303 e. The number of amides is 1. The highest BCUT2D eigenvalue weighted by Gasteiger charge is 2.72. The molecule has 8 heteroatoms. The second kappa shape index (κ2) is 12.1. The molecule has 4 aromatic rings. The summed E-state index contributed by atoms with van der Waals surface area (Å²) in [5.41, 5.74) is 1.70. The maximum absolute atomic E-state index is 16.3. The molecule has 3 aliphatic rings. The van der Waals surface area contributed by atoms with Gasteiger partial charge in [0.1, 0.15) is 17.3 Å². The van der Waals surface area contributed by atoms with Crippen molar-refractivity contribution in [1.29, 1.82) is 0 Å². The molecule has 5 nitrogen and oxygen atoms in total. The fraction of sp³-hybridized carbons (Fsp3) is 0.316. The van der Waals surface area contributed by atoms with Gasteiger partial charge in [-0.3, -0.25) is 14.5 Å². The number of halogens is 3. The third-order valence-electron chi connectivity index (χ3n) is 10.4. The molecule has 1 amide bonds. The van der Waals surface area contributed by atoms with E-state index in [1.807, 2.05) is 72.8 Å². The molecule has 0 unspecified atom stereocenters. The van der Waals surface area contributed by atoms with Crippen LogP contribution in [0.15, 0.2) is 97.1 Å². The van der Waals surface area contributed by atoms with Gasteiger partial charge >= 0.3 is 5.97 Å². The van der Waals surface area contributed by atoms with Crippen LogP contribution in [0.1, 0.15) is 79.3 Å². The average Bonchev–Trinajstić information content (AvgIpc) is 3.50. The smallest absolute Gasteiger partial charge is 0.303 e. The van der Waals surface area contributed by atoms with E-state index in [2.05, 4.69) is 10.2 Å². The summed E-state index contributed by atoms with van der Waals surface area (Å²) in [7, 11) is 0. The molecular formula is C38H35Cl2FN2O3. The first-order chi connectivity index (χ1) is 22.3. The molecule has 0 aromatic heterocycles. The van der Waals surface area contributed by atoms with Gasteiger partial charge in [-0.15, -0.1) is 0 Å². The van der Waals surface area contributed by atoms with E-state index in [0.717, 1.165) is 36.0 Å². The zero-order valence-corrected chi connectivity index (χ0v) is 27.0. The van der Waals surface area contributed by atoms with E-state index in [1.54, 1.807) is 18.2 Å². The van der Waals surface area contributed by atoms with Crippen LogP contribution in [-0.2, 0) is 19.7 Å². The standard InChI is InChI=1S/C38H35Cl2FN2O3/c1-24(44)46-35(26-14-7-3-8-15-26)34(25-12-5-2-6-13-25)43-23-30(28-16-11-17-31(40)33(28)41)38(37(43)20-9-4-10-21-37)29-19-18-27(39)22-32(29)42-36(38)45/h2-3,5-8,11-19,22,30,34-35H,4,9-10,20-21,23H2,1H3,(H,42,45)/t30-,34-,35+,38+/m1/s1. The zero-order chi connectivity index (χ0) is 32.1. The van der Waals surface area contributed by atoms with Crippen molar-refractivity contribution in [3.8, 4) is 0 Å². The number of rotatable bonds is 6. The summed E-state index contributed by atoms with van der Waals surface area (Å²) in [4.78, 5) is 30.1. The summed E-state index contributed by atoms with van der Waals surface area (Å²) in [6, 6.07) is 29.8. The lowest BCUT2D eigenvalue weighted by Gasteiger charge is -2.53. The number of nitrogens with one attached hydrogen (secondary N) is 1. The van der Waals surface area contributed by atoms with Gasteiger partial charge in [0.05, 0.1) is 11.1 Å². The molecule has 1 saturated carbocycles. The Hall–Kier alpha value is -3.71. The Bertz CT molecular complexity index is 1780. The Labute approximate surface area is 278 Å². The molecule has 1 N–H and O–H groups in total. The number of nitrogens with zero attached hydrogens (tertiary/aromatic N) is 1. The van der Waals surface area contributed by atoms with Gasteiger partial charge < -0.3 is 10.1 Å². The highest BCUT2D eigenvalue weighted by atomic mass is 35.5. The predicted molar refractivity (Wildman–Crippen MR) is 179 cm³/mol. The van der Waals surface area contributed by atoms with E-state index in [4.69, 9.17) is 27.9 Å². The number of anilines is 1. The monoisotopic (exact) mass is 656 g/mol. The van der Waals surface area contributed by atoms with Gasteiger partial charge in [0.2, 0.25) is 5.91 Å². The van der Waals surface area contributed by atoms with E-state index >= 15 is 4.39 Å². The Morgan fingerprint density at radius 2 is 1.59 bits per heavy atom. The topological polar surface area (TPSA) is 58.6 Å². The molecule has 2 fully saturated rings. The van der Waals surface area contributed by atoms with Crippen molar-refractivity contribution in [2.24, 2.45) is 0 Å². The van der Waals surface area contributed by atoms with Crippen molar-refractivity contribution in [1.82, 2.24) is 4.90 Å². The Balaban J connectivity index is 1.55. The number of hydrogen-bond donors (Lipinski definition) is 1. The molecule has 46 heavy (non-hydrogen) atoms. The van der Waals surface area contributed by atoms with Crippen LogP contribution in [0.2, 0.25) is 10.0 Å². The van der Waals surface area contributed by atoms with Crippen LogP contribution in [0.5, 0.6) is 0 Å². The van der Waals surface area contributed by atoms with Crippen molar-refractivity contribution in [3.05, 3.63) is 135 Å². The molecule has 4 atom stereocenters. The first-order valence-corrected chi connectivity index (χ1v) is 16.6. The molecular weight excluding hydrogens is 622 g/mol. The van der Waals surface area contributed by atoms with E-state index in [0.29, 0.717) is 35.7 Å². The average molecular weight is 658 g/mol. The molecule has 2 spiro atoms. The molecule has 2 heterocycles. The highest BCUT2D eigenvalue weighted by Crippen LogP contribution is 2.66. The maximum atomic E-state index is 16.3. The lowest BCUT2D eigenvalue weighted by molar-refractivity contribution is -0.154. The number of likely N-dealkylation sites (tertiary alicyclic amines) is 1. The van der Waals surface area contributed by atoms with Crippen molar-refractivity contribution in [2.75, 3.05) is 11.9 Å². The zero-order valence-electron chi connectivity index (χ0n) is 25.5. The molecule has 1 saturated heterocycles. The first-order valence-electron chi connectivity index (χ1n) is 15.9. The Kier molecular flexibility index (Phi) is 8.16. The normalized spacial score (nSPS) is 23.2. The fourth-order valence-corrected chi connectivity index (χ4v) is 9.15. The SMILES string of the molecule is CC(=O)O[C@@H](c1ccccc1)[C@@H](c1ccccc1)N1C[C@H](c2cccc(Cl)c2F)[C@@]2(C(=O)Nc3cc(Cl)ccc32)C12CCCCC2. The van der Waals surface area contributed by atoms with Crippen LogP contribution in [0.4, 0.5) is 10.1 Å². The van der Waals surface area contributed by atoms with Gasteiger partial charge in [0.25, 0.3) is 0 Å². The summed E-state index contributed by atoms with van der Waals surface area (Å²) < 4.78 is 22.5.